The van der Waals surface area contributed by atoms with Gasteiger partial charge in [0.15, 0.2) is 0 Å². The van der Waals surface area contributed by atoms with Crippen molar-refractivity contribution in [3.05, 3.63) is 34.9 Å². The number of hydrogen-bond acceptors (Lipinski definition) is 5. The number of carboxylic acid groups (broad SMARTS) is 1. The summed E-state index contributed by atoms with van der Waals surface area (Å²) >= 11 is 0. The number of carbonyl (C=O) groups is 2. The third-order valence-corrected chi connectivity index (χ3v) is 3.40. The lowest BCUT2D eigenvalue weighted by Crippen LogP contribution is -2.34. The Kier molecular flexibility index (Phi) is 7.21. The van der Waals surface area contributed by atoms with Crippen LogP contribution in [-0.4, -0.2) is 45.6 Å². The van der Waals surface area contributed by atoms with E-state index in [1.807, 2.05) is 0 Å². The fraction of sp³-hybridized carbons (Fsp3) is 0.529. The van der Waals surface area contributed by atoms with E-state index < -0.39 is 47.2 Å². The first-order valence-electron chi connectivity index (χ1n) is 8.00. The van der Waals surface area contributed by atoms with Crippen LogP contribution in [0.4, 0.5) is 18.0 Å². The number of nitrogens with one attached hydrogen (secondary N) is 1. The van der Waals surface area contributed by atoms with Gasteiger partial charge in [-0.05, 0) is 44.9 Å². The molecule has 1 aromatic carbocycles. The largest absolute Gasteiger partial charge is 0.478 e. The second-order valence-corrected chi connectivity index (χ2v) is 6.83. The smallest absolute Gasteiger partial charge is 0.416 e. The van der Waals surface area contributed by atoms with Gasteiger partial charge in [0.2, 0.25) is 0 Å². The lowest BCUT2D eigenvalue weighted by atomic mass is 9.95. The molecule has 1 aromatic rings. The first kappa shape index (κ1) is 22.7. The van der Waals surface area contributed by atoms with Crippen LogP contribution in [0.3, 0.4) is 0 Å². The quantitative estimate of drug-likeness (QED) is 0.591. The van der Waals surface area contributed by atoms with E-state index >= 15 is 0 Å². The minimum absolute atomic E-state index is 0.101. The Bertz CT molecular complexity index is 684. The number of carboxylic acids is 1. The lowest BCUT2D eigenvalue weighted by molar-refractivity contribution is -0.137. The van der Waals surface area contributed by atoms with E-state index in [1.54, 1.807) is 20.8 Å². The van der Waals surface area contributed by atoms with E-state index in [4.69, 9.17) is 9.84 Å². The number of alkyl carbamates (subject to hydrolysis) is 1. The number of hydrogen-bond donors (Lipinski definition) is 4. The average Bonchev–Trinajstić information content (AvgIpc) is 2.50. The summed E-state index contributed by atoms with van der Waals surface area (Å²) in [6.45, 7) is 4.87. The van der Waals surface area contributed by atoms with Gasteiger partial charge in [-0.2, -0.15) is 13.2 Å². The lowest BCUT2D eigenvalue weighted by Gasteiger charge is -2.22. The Labute approximate surface area is 153 Å². The third kappa shape index (κ3) is 7.06. The van der Waals surface area contributed by atoms with Gasteiger partial charge in [-0.25, -0.2) is 9.59 Å². The fourth-order valence-corrected chi connectivity index (χ4v) is 2.18. The van der Waals surface area contributed by atoms with Gasteiger partial charge in [0.05, 0.1) is 17.2 Å². The molecule has 4 N–H and O–H groups in total. The van der Waals surface area contributed by atoms with Crippen molar-refractivity contribution in [1.82, 2.24) is 5.32 Å². The number of aliphatic hydroxyl groups excluding tert-OH is 2. The Morgan fingerprint density at radius 3 is 2.26 bits per heavy atom. The van der Waals surface area contributed by atoms with Crippen molar-refractivity contribution in [3.8, 4) is 0 Å². The van der Waals surface area contributed by atoms with Crippen LogP contribution < -0.4 is 5.32 Å². The molecule has 0 bridgehead atoms. The molecule has 0 spiro atoms. The van der Waals surface area contributed by atoms with Crippen molar-refractivity contribution in [1.29, 1.82) is 0 Å². The molecule has 10 heteroatoms. The van der Waals surface area contributed by atoms with E-state index in [1.165, 1.54) is 0 Å². The molecule has 0 aliphatic rings. The molecule has 1 amide bonds. The van der Waals surface area contributed by atoms with Gasteiger partial charge in [-0.15, -0.1) is 0 Å². The van der Waals surface area contributed by atoms with Crippen LogP contribution >= 0.6 is 0 Å². The van der Waals surface area contributed by atoms with Gasteiger partial charge < -0.3 is 25.4 Å². The number of halogens is 3. The van der Waals surface area contributed by atoms with Gasteiger partial charge in [0.1, 0.15) is 11.7 Å². The van der Waals surface area contributed by atoms with Crippen LogP contribution in [0.25, 0.3) is 0 Å². The van der Waals surface area contributed by atoms with Gasteiger partial charge in [-0.1, -0.05) is 6.07 Å². The van der Waals surface area contributed by atoms with E-state index in [2.05, 4.69) is 5.32 Å². The molecule has 0 aliphatic heterocycles. The van der Waals surface area contributed by atoms with Crippen molar-refractivity contribution < 1.29 is 42.8 Å². The molecule has 7 nitrogen and oxygen atoms in total. The first-order chi connectivity index (χ1) is 12.2. The summed E-state index contributed by atoms with van der Waals surface area (Å²) in [5, 5.41) is 31.6. The van der Waals surface area contributed by atoms with Crippen molar-refractivity contribution in [2.24, 2.45) is 0 Å². The third-order valence-electron chi connectivity index (χ3n) is 3.40. The molecule has 2 atom stereocenters. The maximum absolute atomic E-state index is 12.7. The maximum atomic E-state index is 12.7. The molecular formula is C17H22F3NO6. The molecule has 152 valence electrons. The molecule has 0 fully saturated rings. The van der Waals surface area contributed by atoms with E-state index in [9.17, 15) is 33.0 Å². The summed E-state index contributed by atoms with van der Waals surface area (Å²) in [6, 6.07) is 1.82. The predicted molar refractivity (Wildman–Crippen MR) is 88.2 cm³/mol. The van der Waals surface area contributed by atoms with Gasteiger partial charge in [0, 0.05) is 6.54 Å². The van der Waals surface area contributed by atoms with Crippen LogP contribution in [0.15, 0.2) is 18.2 Å². The summed E-state index contributed by atoms with van der Waals surface area (Å²) in [4.78, 5) is 22.7. The number of aliphatic hydroxyl groups is 2. The normalized spacial score (nSPS) is 14.4. The zero-order chi connectivity index (χ0) is 21.0. The highest BCUT2D eigenvalue weighted by Gasteiger charge is 2.33. The van der Waals surface area contributed by atoms with E-state index in [-0.39, 0.29) is 18.5 Å². The van der Waals surface area contributed by atoms with Crippen molar-refractivity contribution in [2.45, 2.75) is 51.2 Å². The summed E-state index contributed by atoms with van der Waals surface area (Å²) in [6.07, 6.45) is -8.94. The molecule has 0 radical (unpaired) electrons. The van der Waals surface area contributed by atoms with Crippen molar-refractivity contribution >= 4 is 12.1 Å². The molecule has 0 aliphatic carbocycles. The number of carbonyl (C=O) groups excluding carboxylic acids is 1. The Morgan fingerprint density at radius 2 is 1.78 bits per heavy atom. The van der Waals surface area contributed by atoms with Crippen LogP contribution in [-0.2, 0) is 10.9 Å². The van der Waals surface area contributed by atoms with Gasteiger partial charge >= 0.3 is 18.2 Å². The zero-order valence-electron chi connectivity index (χ0n) is 15.0. The second kappa shape index (κ2) is 8.57. The van der Waals surface area contributed by atoms with Crippen LogP contribution in [0.2, 0.25) is 0 Å². The fourth-order valence-electron chi connectivity index (χ4n) is 2.18. The van der Waals surface area contributed by atoms with Crippen LogP contribution in [0.1, 0.15) is 54.8 Å². The molecule has 0 heterocycles. The topological polar surface area (TPSA) is 116 Å². The number of rotatable bonds is 6. The monoisotopic (exact) mass is 393 g/mol. The zero-order valence-corrected chi connectivity index (χ0v) is 15.0. The maximum Gasteiger partial charge on any atom is 0.416 e. The first-order valence-corrected chi connectivity index (χ1v) is 8.00. The molecular weight excluding hydrogens is 371 g/mol. The SMILES string of the molecule is CC(C)(C)OC(=O)NCCC(O)C(O)c1ccc(C(F)(F)F)cc1C(=O)O. The molecule has 2 unspecified atom stereocenters. The van der Waals surface area contributed by atoms with E-state index in [0.29, 0.717) is 12.1 Å². The second-order valence-electron chi connectivity index (χ2n) is 6.83. The van der Waals surface area contributed by atoms with Gasteiger partial charge in [0.25, 0.3) is 0 Å². The highest BCUT2D eigenvalue weighted by atomic mass is 19.4. The minimum atomic E-state index is -4.75. The summed E-state index contributed by atoms with van der Waals surface area (Å²) in [5.41, 5.74) is -3.03. The molecule has 27 heavy (non-hydrogen) atoms. The number of alkyl halides is 3. The number of benzene rings is 1. The highest BCUT2D eigenvalue weighted by Crippen LogP contribution is 2.32. The van der Waals surface area contributed by atoms with E-state index in [0.717, 1.165) is 6.07 Å². The Hall–Kier alpha value is -2.33. The Morgan fingerprint density at radius 1 is 1.19 bits per heavy atom. The number of amides is 1. The predicted octanol–water partition coefficient (Wildman–Crippen LogP) is 2.71. The summed E-state index contributed by atoms with van der Waals surface area (Å²) in [5.74, 6) is -1.67. The average molecular weight is 393 g/mol. The molecule has 0 saturated heterocycles. The molecule has 0 aromatic heterocycles. The van der Waals surface area contributed by atoms with Crippen molar-refractivity contribution in [2.75, 3.05) is 6.54 Å². The minimum Gasteiger partial charge on any atom is -0.478 e. The standard InChI is InChI=1S/C17H22F3NO6/c1-16(2,3)27-15(26)21-7-6-12(22)13(23)10-5-4-9(17(18,19)20)8-11(10)14(24)25/h4-5,8,12-13,22-23H,6-7H2,1-3H3,(H,21,26)(H,24,25). The summed E-state index contributed by atoms with van der Waals surface area (Å²) < 4.78 is 43.2. The molecule has 1 rings (SSSR count). The van der Waals surface area contributed by atoms with Gasteiger partial charge in [-0.3, -0.25) is 0 Å². The molecule has 0 saturated carbocycles. The number of aromatic carboxylic acids is 1. The van der Waals surface area contributed by atoms with Crippen LogP contribution in [0.5, 0.6) is 0 Å². The van der Waals surface area contributed by atoms with Crippen LogP contribution in [0, 0.1) is 0 Å². The van der Waals surface area contributed by atoms with Crippen molar-refractivity contribution in [3.63, 3.8) is 0 Å². The Balaban J connectivity index is 2.81. The number of ether oxygens (including phenoxy) is 1. The summed E-state index contributed by atoms with van der Waals surface area (Å²) in [7, 11) is 0. The highest BCUT2D eigenvalue weighted by molar-refractivity contribution is 5.89.